The maximum atomic E-state index is 11.9. The highest BCUT2D eigenvalue weighted by Crippen LogP contribution is 2.45. The largest absolute Gasteiger partial charge is 0.349 e. The van der Waals surface area contributed by atoms with E-state index in [1.165, 1.54) is 6.07 Å². The molecule has 0 amide bonds. The van der Waals surface area contributed by atoms with Crippen molar-refractivity contribution in [3.63, 3.8) is 0 Å². The lowest BCUT2D eigenvalue weighted by Gasteiger charge is -2.14. The predicted octanol–water partition coefficient (Wildman–Crippen LogP) is 1.88. The van der Waals surface area contributed by atoms with E-state index in [9.17, 15) is 9.59 Å². The maximum Gasteiger partial charge on any atom is 0.198 e. The van der Waals surface area contributed by atoms with Crippen molar-refractivity contribution in [2.75, 3.05) is 0 Å². The molecule has 1 aromatic rings. The molecule has 2 unspecified atom stereocenters. The smallest absolute Gasteiger partial charge is 0.198 e. The van der Waals surface area contributed by atoms with Gasteiger partial charge in [0.25, 0.3) is 0 Å². The Kier molecular flexibility index (Phi) is 1.50. The van der Waals surface area contributed by atoms with Crippen LogP contribution in [0.1, 0.15) is 27.6 Å². The van der Waals surface area contributed by atoms with E-state index in [0.717, 1.165) is 0 Å². The first-order valence-electron chi connectivity index (χ1n) is 4.60. The summed E-state index contributed by atoms with van der Waals surface area (Å²) in [6.07, 6.45) is -0.601. The molecule has 76 valence electrons. The summed E-state index contributed by atoms with van der Waals surface area (Å²) < 4.78 is 5.17. The minimum atomic E-state index is -0.919. The monoisotopic (exact) mass is 222 g/mol. The van der Waals surface area contributed by atoms with Crippen LogP contribution in [0.5, 0.6) is 0 Å². The highest BCUT2D eigenvalue weighted by Gasteiger charge is 2.65. The van der Waals surface area contributed by atoms with Gasteiger partial charge in [-0.05, 0) is 25.1 Å². The van der Waals surface area contributed by atoms with Gasteiger partial charge in [-0.3, -0.25) is 9.59 Å². The van der Waals surface area contributed by atoms with Crippen LogP contribution in [0.4, 0.5) is 0 Å². The van der Waals surface area contributed by atoms with Gasteiger partial charge < -0.3 is 4.74 Å². The zero-order valence-corrected chi connectivity index (χ0v) is 8.67. The fourth-order valence-corrected chi connectivity index (χ4v) is 2.19. The molecule has 0 aromatic heterocycles. The molecule has 1 heterocycles. The normalized spacial score (nSPS) is 32.3. The molecule has 2 atom stereocenters. The second kappa shape index (κ2) is 2.49. The molecular weight excluding hydrogens is 216 g/mol. The van der Waals surface area contributed by atoms with Gasteiger partial charge in [0.1, 0.15) is 0 Å². The van der Waals surface area contributed by atoms with E-state index in [1.807, 2.05) is 0 Å². The van der Waals surface area contributed by atoms with Gasteiger partial charge in [-0.1, -0.05) is 11.6 Å². The Labute approximate surface area is 91.0 Å². The molecule has 3 rings (SSSR count). The van der Waals surface area contributed by atoms with Crippen LogP contribution >= 0.6 is 11.6 Å². The van der Waals surface area contributed by atoms with Crippen molar-refractivity contribution >= 4 is 23.2 Å². The van der Waals surface area contributed by atoms with Crippen LogP contribution in [0.15, 0.2) is 18.2 Å². The zero-order valence-electron chi connectivity index (χ0n) is 7.91. The van der Waals surface area contributed by atoms with Gasteiger partial charge in [-0.25, -0.2) is 0 Å². The molecule has 0 radical (unpaired) electrons. The molecule has 0 spiro atoms. The van der Waals surface area contributed by atoms with E-state index in [0.29, 0.717) is 16.1 Å². The molecule has 2 aliphatic rings. The van der Waals surface area contributed by atoms with Crippen molar-refractivity contribution < 1.29 is 14.3 Å². The van der Waals surface area contributed by atoms with E-state index < -0.39 is 11.7 Å². The number of epoxide rings is 1. The maximum absolute atomic E-state index is 11.9. The van der Waals surface area contributed by atoms with E-state index >= 15 is 0 Å². The highest BCUT2D eigenvalue weighted by atomic mass is 35.5. The van der Waals surface area contributed by atoms with Gasteiger partial charge in [-0.2, -0.15) is 0 Å². The van der Waals surface area contributed by atoms with Crippen LogP contribution < -0.4 is 0 Å². The number of hydrogen-bond acceptors (Lipinski definition) is 3. The first-order valence-corrected chi connectivity index (χ1v) is 4.98. The molecule has 4 heteroatoms. The van der Waals surface area contributed by atoms with Crippen LogP contribution in [0.25, 0.3) is 0 Å². The first-order chi connectivity index (χ1) is 7.04. The Hall–Kier alpha value is -1.19. The third-order valence-electron chi connectivity index (χ3n) is 2.99. The number of benzene rings is 1. The van der Waals surface area contributed by atoms with E-state index in [-0.39, 0.29) is 11.6 Å². The third-order valence-corrected chi connectivity index (χ3v) is 3.22. The summed E-state index contributed by atoms with van der Waals surface area (Å²) in [7, 11) is 0. The molecule has 1 aromatic carbocycles. The zero-order chi connectivity index (χ0) is 10.8. The summed E-state index contributed by atoms with van der Waals surface area (Å²) in [5.74, 6) is -0.270. The molecule has 1 fully saturated rings. The van der Waals surface area contributed by atoms with Crippen LogP contribution in [-0.2, 0) is 4.74 Å². The van der Waals surface area contributed by atoms with Crippen molar-refractivity contribution in [1.29, 1.82) is 0 Å². The first kappa shape index (κ1) is 9.07. The summed E-state index contributed by atoms with van der Waals surface area (Å²) >= 11 is 5.78. The quantitative estimate of drug-likeness (QED) is 0.630. The van der Waals surface area contributed by atoms with Gasteiger partial charge in [0.2, 0.25) is 0 Å². The molecule has 1 saturated heterocycles. The van der Waals surface area contributed by atoms with Crippen molar-refractivity contribution in [3.8, 4) is 0 Å². The summed E-state index contributed by atoms with van der Waals surface area (Å²) in [6, 6.07) is 4.72. The summed E-state index contributed by atoms with van der Waals surface area (Å²) in [4.78, 5) is 23.7. The number of Topliss-reactive ketones (excluding diaryl/α,β-unsaturated/α-hetero) is 2. The number of ether oxygens (including phenoxy) is 1. The number of carbonyl (C=O) groups excluding carboxylic acids is 2. The van der Waals surface area contributed by atoms with E-state index in [1.54, 1.807) is 19.1 Å². The second-order valence-electron chi connectivity index (χ2n) is 3.99. The number of halogens is 1. The minimum Gasteiger partial charge on any atom is -0.349 e. The summed E-state index contributed by atoms with van der Waals surface area (Å²) in [6.45, 7) is 1.65. The molecule has 0 N–H and O–H groups in total. The minimum absolute atomic E-state index is 0.126. The average Bonchev–Trinajstić information content (AvgIpc) is 2.89. The standard InChI is InChI=1S/C11H7ClO3/c1-11-9(14)6-3-2-5(12)4-7(6)8(13)10(11)15-11/h2-4,10H,1H3. The second-order valence-corrected chi connectivity index (χ2v) is 4.42. The molecular formula is C11H7ClO3. The highest BCUT2D eigenvalue weighted by molar-refractivity contribution is 6.32. The predicted molar refractivity (Wildman–Crippen MR) is 53.4 cm³/mol. The molecule has 3 nitrogen and oxygen atoms in total. The van der Waals surface area contributed by atoms with Crippen molar-refractivity contribution in [3.05, 3.63) is 34.3 Å². The topological polar surface area (TPSA) is 46.7 Å². The van der Waals surface area contributed by atoms with Gasteiger partial charge in [0, 0.05) is 16.1 Å². The number of carbonyl (C=O) groups is 2. The van der Waals surface area contributed by atoms with Gasteiger partial charge >= 0.3 is 0 Å². The van der Waals surface area contributed by atoms with E-state index in [2.05, 4.69) is 0 Å². The lowest BCUT2D eigenvalue weighted by Crippen LogP contribution is -2.34. The fraction of sp³-hybridized carbons (Fsp3) is 0.273. The molecule has 1 aliphatic heterocycles. The molecule has 0 bridgehead atoms. The Morgan fingerprint density at radius 3 is 2.80 bits per heavy atom. The van der Waals surface area contributed by atoms with Crippen molar-refractivity contribution in [2.24, 2.45) is 0 Å². The lowest BCUT2D eigenvalue weighted by molar-refractivity contribution is 0.0874. The molecule has 1 aliphatic carbocycles. The van der Waals surface area contributed by atoms with Crippen LogP contribution in [-0.4, -0.2) is 23.3 Å². The third kappa shape index (κ3) is 0.994. The Morgan fingerprint density at radius 2 is 2.07 bits per heavy atom. The fourth-order valence-electron chi connectivity index (χ4n) is 2.01. The molecule has 15 heavy (non-hydrogen) atoms. The number of fused-ring (bicyclic) bond motifs is 2. The van der Waals surface area contributed by atoms with Crippen molar-refractivity contribution in [1.82, 2.24) is 0 Å². The Morgan fingerprint density at radius 1 is 1.33 bits per heavy atom. The van der Waals surface area contributed by atoms with Gasteiger partial charge in [0.05, 0.1) is 0 Å². The number of rotatable bonds is 0. The number of hydrogen-bond donors (Lipinski definition) is 0. The molecule has 0 saturated carbocycles. The summed E-state index contributed by atoms with van der Waals surface area (Å²) in [5.41, 5.74) is -0.120. The van der Waals surface area contributed by atoms with Gasteiger partial charge in [-0.15, -0.1) is 0 Å². The van der Waals surface area contributed by atoms with E-state index in [4.69, 9.17) is 16.3 Å². The lowest BCUT2D eigenvalue weighted by atomic mass is 9.83. The SMILES string of the molecule is CC12OC1C(=O)c1cc(Cl)ccc1C2=O. The Bertz CT molecular complexity index is 509. The van der Waals surface area contributed by atoms with Crippen LogP contribution in [0, 0.1) is 0 Å². The Balaban J connectivity index is 2.25. The summed E-state index contributed by atoms with van der Waals surface area (Å²) in [5, 5.41) is 0.458. The number of ketones is 2. The van der Waals surface area contributed by atoms with Crippen molar-refractivity contribution in [2.45, 2.75) is 18.6 Å². The van der Waals surface area contributed by atoms with Gasteiger partial charge in [0.15, 0.2) is 23.3 Å². The van der Waals surface area contributed by atoms with Crippen LogP contribution in [0.3, 0.4) is 0 Å². The average molecular weight is 223 g/mol. The van der Waals surface area contributed by atoms with Crippen LogP contribution in [0.2, 0.25) is 5.02 Å².